The molecule has 0 spiro atoms. The van der Waals surface area contributed by atoms with E-state index in [4.69, 9.17) is 0 Å². The molecule has 0 unspecified atom stereocenters. The number of hydrogen-bond acceptors (Lipinski definition) is 4. The van der Waals surface area contributed by atoms with Crippen molar-refractivity contribution in [3.8, 4) is 5.69 Å². The van der Waals surface area contributed by atoms with E-state index in [1.54, 1.807) is 4.68 Å². The van der Waals surface area contributed by atoms with Gasteiger partial charge in [-0.2, -0.15) is 5.10 Å². The summed E-state index contributed by atoms with van der Waals surface area (Å²) in [7, 11) is 1.93. The Balaban J connectivity index is 1.76. The van der Waals surface area contributed by atoms with E-state index in [2.05, 4.69) is 20.7 Å². The Morgan fingerprint density at radius 3 is 2.48 bits per heavy atom. The van der Waals surface area contributed by atoms with Crippen molar-refractivity contribution in [1.82, 2.24) is 30.1 Å². The maximum absolute atomic E-state index is 12.7. The average molecular weight is 366 g/mol. The van der Waals surface area contributed by atoms with E-state index >= 15 is 0 Å². The largest absolute Gasteiger partial charge is 0.348 e. The zero-order chi connectivity index (χ0) is 19.7. The minimum atomic E-state index is -0.209. The molecule has 27 heavy (non-hydrogen) atoms. The predicted octanol–water partition coefficient (Wildman–Crippen LogP) is 2.60. The quantitative estimate of drug-likeness (QED) is 0.753. The molecule has 1 aromatic carbocycles. The van der Waals surface area contributed by atoms with Crippen LogP contribution in [0, 0.1) is 27.7 Å². The standard InChI is InChI=1S/C20H26N6O/c1-12-9-7-8-10-18(12)26-16(5)19(22-24-26)20(27)21-13(2)11-17-14(3)23-25(6)15(17)4/h7-10,13H,11H2,1-6H3,(H,21,27)/t13-/m0/s1. The first-order chi connectivity index (χ1) is 12.8. The number of nitrogens with zero attached hydrogens (tertiary/aromatic N) is 5. The predicted molar refractivity (Wildman–Crippen MR) is 104 cm³/mol. The van der Waals surface area contributed by atoms with Crippen molar-refractivity contribution in [2.24, 2.45) is 7.05 Å². The molecule has 0 aliphatic heterocycles. The van der Waals surface area contributed by atoms with Crippen molar-refractivity contribution in [1.29, 1.82) is 0 Å². The third-order valence-electron chi connectivity index (χ3n) is 5.00. The summed E-state index contributed by atoms with van der Waals surface area (Å²) in [6, 6.07) is 7.86. The van der Waals surface area contributed by atoms with Gasteiger partial charge in [0.1, 0.15) is 0 Å². The van der Waals surface area contributed by atoms with Crippen molar-refractivity contribution in [2.45, 2.75) is 47.1 Å². The van der Waals surface area contributed by atoms with Crippen LogP contribution in [-0.4, -0.2) is 36.7 Å². The molecule has 0 bridgehead atoms. The van der Waals surface area contributed by atoms with E-state index in [1.807, 2.05) is 70.6 Å². The van der Waals surface area contributed by atoms with Crippen molar-refractivity contribution in [3.05, 3.63) is 58.2 Å². The lowest BCUT2D eigenvalue weighted by molar-refractivity contribution is 0.0934. The van der Waals surface area contributed by atoms with Gasteiger partial charge in [-0.3, -0.25) is 9.48 Å². The van der Waals surface area contributed by atoms with Gasteiger partial charge in [0.15, 0.2) is 5.69 Å². The third kappa shape index (κ3) is 3.63. The maximum Gasteiger partial charge on any atom is 0.273 e. The molecule has 0 fully saturated rings. The molecule has 0 aliphatic rings. The molecule has 3 rings (SSSR count). The van der Waals surface area contributed by atoms with E-state index < -0.39 is 0 Å². The summed E-state index contributed by atoms with van der Waals surface area (Å²) in [5, 5.41) is 15.8. The fourth-order valence-corrected chi connectivity index (χ4v) is 3.33. The van der Waals surface area contributed by atoms with Crippen LogP contribution < -0.4 is 5.32 Å². The Morgan fingerprint density at radius 2 is 1.85 bits per heavy atom. The SMILES string of the molecule is Cc1ccccc1-n1nnc(C(=O)N[C@@H](C)Cc2c(C)nn(C)c2C)c1C. The van der Waals surface area contributed by atoms with E-state index in [0.29, 0.717) is 5.69 Å². The van der Waals surface area contributed by atoms with Gasteiger partial charge in [0.05, 0.1) is 17.1 Å². The van der Waals surface area contributed by atoms with Gasteiger partial charge in [0, 0.05) is 18.8 Å². The minimum absolute atomic E-state index is 0.0397. The van der Waals surface area contributed by atoms with Crippen LogP contribution >= 0.6 is 0 Å². The highest BCUT2D eigenvalue weighted by Crippen LogP contribution is 2.17. The van der Waals surface area contributed by atoms with Crippen LogP contribution in [0.2, 0.25) is 0 Å². The van der Waals surface area contributed by atoms with Crippen LogP contribution in [0.3, 0.4) is 0 Å². The van der Waals surface area contributed by atoms with E-state index in [9.17, 15) is 4.79 Å². The molecule has 0 saturated carbocycles. The van der Waals surface area contributed by atoms with Gasteiger partial charge < -0.3 is 5.32 Å². The Morgan fingerprint density at radius 1 is 1.15 bits per heavy atom. The van der Waals surface area contributed by atoms with Crippen molar-refractivity contribution in [2.75, 3.05) is 0 Å². The molecule has 2 aromatic heterocycles. The minimum Gasteiger partial charge on any atom is -0.348 e. The number of hydrogen-bond donors (Lipinski definition) is 1. The highest BCUT2D eigenvalue weighted by molar-refractivity contribution is 5.93. The summed E-state index contributed by atoms with van der Waals surface area (Å²) in [6.45, 7) is 9.90. The zero-order valence-electron chi connectivity index (χ0n) is 16.7. The molecule has 0 saturated heterocycles. The average Bonchev–Trinajstić information content (AvgIpc) is 3.10. The summed E-state index contributed by atoms with van der Waals surface area (Å²) < 4.78 is 3.58. The highest BCUT2D eigenvalue weighted by atomic mass is 16.2. The Bertz CT molecular complexity index is 985. The number of para-hydroxylation sites is 1. The van der Waals surface area contributed by atoms with Gasteiger partial charge in [0.2, 0.25) is 0 Å². The van der Waals surface area contributed by atoms with Gasteiger partial charge in [-0.1, -0.05) is 23.4 Å². The third-order valence-corrected chi connectivity index (χ3v) is 5.00. The number of rotatable bonds is 5. The summed E-state index contributed by atoms with van der Waals surface area (Å²) in [6.07, 6.45) is 0.724. The van der Waals surface area contributed by atoms with Crippen LogP contribution in [0.15, 0.2) is 24.3 Å². The number of nitrogens with one attached hydrogen (secondary N) is 1. The molecule has 142 valence electrons. The number of aryl methyl sites for hydroxylation is 3. The summed E-state index contributed by atoms with van der Waals surface area (Å²) >= 11 is 0. The van der Waals surface area contributed by atoms with E-state index in [-0.39, 0.29) is 11.9 Å². The van der Waals surface area contributed by atoms with Crippen molar-refractivity contribution in [3.63, 3.8) is 0 Å². The second-order valence-electron chi connectivity index (χ2n) is 7.07. The first kappa shape index (κ1) is 18.8. The number of amides is 1. The molecule has 1 amide bonds. The smallest absolute Gasteiger partial charge is 0.273 e. The lowest BCUT2D eigenvalue weighted by Crippen LogP contribution is -2.35. The fourth-order valence-electron chi connectivity index (χ4n) is 3.33. The molecule has 7 nitrogen and oxygen atoms in total. The second-order valence-corrected chi connectivity index (χ2v) is 7.07. The lowest BCUT2D eigenvalue weighted by Gasteiger charge is -2.14. The van der Waals surface area contributed by atoms with Gasteiger partial charge in [-0.15, -0.1) is 5.10 Å². The van der Waals surface area contributed by atoms with Crippen molar-refractivity contribution >= 4 is 5.91 Å². The number of carbonyl (C=O) groups is 1. The summed E-state index contributed by atoms with van der Waals surface area (Å²) in [5.41, 5.74) is 6.37. The van der Waals surface area contributed by atoms with E-state index in [1.165, 1.54) is 5.56 Å². The lowest BCUT2D eigenvalue weighted by atomic mass is 10.1. The molecule has 1 N–H and O–H groups in total. The van der Waals surface area contributed by atoms with Crippen LogP contribution in [-0.2, 0) is 13.5 Å². The monoisotopic (exact) mass is 366 g/mol. The highest BCUT2D eigenvalue weighted by Gasteiger charge is 2.21. The summed E-state index contributed by atoms with van der Waals surface area (Å²) in [5.74, 6) is -0.209. The maximum atomic E-state index is 12.7. The van der Waals surface area contributed by atoms with Crippen LogP contribution in [0.5, 0.6) is 0 Å². The normalized spacial score (nSPS) is 12.2. The number of benzene rings is 1. The second kappa shape index (κ2) is 7.34. The van der Waals surface area contributed by atoms with Crippen LogP contribution in [0.4, 0.5) is 0 Å². The number of aromatic nitrogens is 5. The molecular weight excluding hydrogens is 340 g/mol. The van der Waals surface area contributed by atoms with Crippen molar-refractivity contribution < 1.29 is 4.79 Å². The molecule has 3 aromatic rings. The van der Waals surface area contributed by atoms with Crippen LogP contribution in [0.1, 0.15) is 45.6 Å². The van der Waals surface area contributed by atoms with Gasteiger partial charge in [-0.05, 0) is 58.2 Å². The van der Waals surface area contributed by atoms with E-state index in [0.717, 1.165) is 34.8 Å². The van der Waals surface area contributed by atoms with Gasteiger partial charge >= 0.3 is 0 Å². The fraction of sp³-hybridized carbons (Fsp3) is 0.400. The summed E-state index contributed by atoms with van der Waals surface area (Å²) in [4.78, 5) is 12.7. The Labute approximate surface area is 159 Å². The molecule has 1 atom stereocenters. The topological polar surface area (TPSA) is 77.6 Å². The van der Waals surface area contributed by atoms with Gasteiger partial charge in [-0.25, -0.2) is 4.68 Å². The molecular formula is C20H26N6O. The zero-order valence-corrected chi connectivity index (χ0v) is 16.7. The Hall–Kier alpha value is -2.96. The molecule has 7 heteroatoms. The van der Waals surface area contributed by atoms with Gasteiger partial charge in [0.25, 0.3) is 5.91 Å². The van der Waals surface area contributed by atoms with Crippen LogP contribution in [0.25, 0.3) is 5.69 Å². The Kier molecular flexibility index (Phi) is 5.12. The molecule has 0 aliphatic carbocycles. The number of carbonyl (C=O) groups excluding carboxylic acids is 1. The molecule has 2 heterocycles. The molecule has 0 radical (unpaired) electrons. The first-order valence-corrected chi connectivity index (χ1v) is 9.07. The first-order valence-electron chi connectivity index (χ1n) is 9.07.